The number of anilines is 2. The molecule has 3 nitrogen and oxygen atoms in total. The van der Waals surface area contributed by atoms with Crippen LogP contribution >= 0.6 is 43.5 Å². The third-order valence-corrected chi connectivity index (χ3v) is 3.30. The molecule has 0 saturated carbocycles. The molecular weight excluding hydrogens is 357 g/mol. The molecule has 0 unspecified atom stereocenters. The molecule has 1 N–H and O–H groups in total. The molecule has 16 heavy (non-hydrogen) atoms. The van der Waals surface area contributed by atoms with Crippen LogP contribution in [0.2, 0.25) is 5.28 Å². The zero-order chi connectivity index (χ0) is 11.5. The Morgan fingerprint density at radius 2 is 1.88 bits per heavy atom. The largest absolute Gasteiger partial charge is 0.338 e. The summed E-state index contributed by atoms with van der Waals surface area (Å²) >= 11 is 12.5. The molecule has 0 saturated heterocycles. The normalized spacial score (nSPS) is 10.2. The van der Waals surface area contributed by atoms with E-state index in [0.717, 1.165) is 14.6 Å². The summed E-state index contributed by atoms with van der Waals surface area (Å²) in [6, 6.07) is 7.76. The number of rotatable bonds is 2. The first-order chi connectivity index (χ1) is 7.66. The smallest absolute Gasteiger partial charge is 0.224 e. The summed E-state index contributed by atoms with van der Waals surface area (Å²) in [6.45, 7) is 0. The van der Waals surface area contributed by atoms with Gasteiger partial charge in [-0.15, -0.1) is 0 Å². The fourth-order valence-electron chi connectivity index (χ4n) is 1.12. The van der Waals surface area contributed by atoms with Crippen LogP contribution in [0.5, 0.6) is 0 Å². The molecule has 2 aromatic rings. The zero-order valence-corrected chi connectivity index (χ0v) is 11.8. The number of para-hydroxylation sites is 1. The highest BCUT2D eigenvalue weighted by molar-refractivity contribution is 9.11. The number of hydrogen-bond acceptors (Lipinski definition) is 3. The van der Waals surface area contributed by atoms with Crippen molar-refractivity contribution in [2.45, 2.75) is 0 Å². The molecule has 0 aliphatic rings. The molecular formula is C10H6Br2ClN3. The zero-order valence-electron chi connectivity index (χ0n) is 7.92. The molecule has 6 heteroatoms. The predicted octanol–water partition coefficient (Wildman–Crippen LogP) is 4.40. The van der Waals surface area contributed by atoms with E-state index in [-0.39, 0.29) is 5.28 Å². The second-order valence-electron chi connectivity index (χ2n) is 2.94. The van der Waals surface area contributed by atoms with Gasteiger partial charge in [0.1, 0.15) is 5.82 Å². The third kappa shape index (κ3) is 2.72. The molecule has 2 rings (SSSR count). The van der Waals surface area contributed by atoms with Crippen LogP contribution in [0.1, 0.15) is 0 Å². The highest BCUT2D eigenvalue weighted by Crippen LogP contribution is 2.28. The molecule has 0 aliphatic carbocycles. The Morgan fingerprint density at radius 1 is 1.12 bits per heavy atom. The van der Waals surface area contributed by atoms with Gasteiger partial charge in [-0.05, 0) is 55.6 Å². The maximum atomic E-state index is 5.73. The van der Waals surface area contributed by atoms with Gasteiger partial charge < -0.3 is 5.32 Å². The number of aromatic nitrogens is 2. The highest BCUT2D eigenvalue weighted by atomic mass is 79.9. The molecule has 0 bridgehead atoms. The van der Waals surface area contributed by atoms with Gasteiger partial charge in [0.2, 0.25) is 5.28 Å². The molecule has 1 aromatic heterocycles. The summed E-state index contributed by atoms with van der Waals surface area (Å²) in [4.78, 5) is 7.94. The Kier molecular flexibility index (Phi) is 3.78. The first kappa shape index (κ1) is 11.8. The van der Waals surface area contributed by atoms with Crippen LogP contribution in [0.4, 0.5) is 11.5 Å². The van der Waals surface area contributed by atoms with E-state index in [1.807, 2.05) is 24.3 Å². The fourth-order valence-corrected chi connectivity index (χ4v) is 1.93. The Morgan fingerprint density at radius 3 is 2.62 bits per heavy atom. The number of halogens is 3. The maximum Gasteiger partial charge on any atom is 0.224 e. The number of nitrogens with zero attached hydrogens (tertiary/aromatic N) is 2. The van der Waals surface area contributed by atoms with Crippen molar-refractivity contribution in [1.29, 1.82) is 0 Å². The van der Waals surface area contributed by atoms with Crippen molar-refractivity contribution in [3.8, 4) is 0 Å². The van der Waals surface area contributed by atoms with E-state index in [2.05, 4.69) is 47.1 Å². The molecule has 0 atom stereocenters. The van der Waals surface area contributed by atoms with Gasteiger partial charge >= 0.3 is 0 Å². The lowest BCUT2D eigenvalue weighted by atomic mass is 10.3. The van der Waals surface area contributed by atoms with Gasteiger partial charge in [0.15, 0.2) is 0 Å². The van der Waals surface area contributed by atoms with Gasteiger partial charge in [-0.1, -0.05) is 12.1 Å². The monoisotopic (exact) mass is 361 g/mol. The van der Waals surface area contributed by atoms with E-state index in [1.165, 1.54) is 0 Å². The molecule has 0 fully saturated rings. The van der Waals surface area contributed by atoms with Crippen molar-refractivity contribution in [3.05, 3.63) is 44.7 Å². The van der Waals surface area contributed by atoms with Crippen molar-refractivity contribution >= 4 is 55.0 Å². The van der Waals surface area contributed by atoms with Crippen molar-refractivity contribution in [2.75, 3.05) is 5.32 Å². The van der Waals surface area contributed by atoms with Gasteiger partial charge in [0.25, 0.3) is 0 Å². The molecule has 0 aliphatic heterocycles. The predicted molar refractivity (Wildman–Crippen MR) is 72.2 cm³/mol. The minimum Gasteiger partial charge on any atom is -0.338 e. The first-order valence-electron chi connectivity index (χ1n) is 4.36. The quantitative estimate of drug-likeness (QED) is 0.804. The average molecular weight is 363 g/mol. The number of hydrogen-bond donors (Lipinski definition) is 1. The standard InChI is InChI=1S/C10H6Br2ClN3/c11-6-3-1-2-4-8(6)15-9-7(12)5-14-10(13)16-9/h1-5H,(H,14,15,16). The summed E-state index contributed by atoms with van der Waals surface area (Å²) in [5.41, 5.74) is 0.915. The van der Waals surface area contributed by atoms with Crippen LogP contribution in [-0.2, 0) is 0 Å². The van der Waals surface area contributed by atoms with Crippen molar-refractivity contribution in [1.82, 2.24) is 9.97 Å². The molecule has 1 aromatic carbocycles. The van der Waals surface area contributed by atoms with Crippen LogP contribution in [0, 0.1) is 0 Å². The minimum atomic E-state index is 0.206. The number of benzene rings is 1. The molecule has 0 spiro atoms. The summed E-state index contributed by atoms with van der Waals surface area (Å²) < 4.78 is 1.71. The Labute approximate surface area is 115 Å². The van der Waals surface area contributed by atoms with Gasteiger partial charge in [-0.3, -0.25) is 0 Å². The Hall–Kier alpha value is -0.650. The molecule has 0 amide bonds. The Bertz CT molecular complexity index is 519. The van der Waals surface area contributed by atoms with Crippen molar-refractivity contribution < 1.29 is 0 Å². The van der Waals surface area contributed by atoms with E-state index < -0.39 is 0 Å². The summed E-state index contributed by atoms with van der Waals surface area (Å²) in [5, 5.41) is 3.36. The van der Waals surface area contributed by atoms with Crippen LogP contribution in [0.25, 0.3) is 0 Å². The third-order valence-electron chi connectivity index (χ3n) is 1.84. The maximum absolute atomic E-state index is 5.73. The van der Waals surface area contributed by atoms with Crippen molar-refractivity contribution in [3.63, 3.8) is 0 Å². The summed E-state index contributed by atoms with van der Waals surface area (Å²) in [5.74, 6) is 0.631. The second kappa shape index (κ2) is 5.12. The summed E-state index contributed by atoms with van der Waals surface area (Å²) in [7, 11) is 0. The molecule has 1 heterocycles. The van der Waals surface area contributed by atoms with E-state index in [0.29, 0.717) is 5.82 Å². The van der Waals surface area contributed by atoms with Crippen LogP contribution in [0.15, 0.2) is 39.4 Å². The van der Waals surface area contributed by atoms with Gasteiger partial charge in [-0.2, -0.15) is 4.98 Å². The van der Waals surface area contributed by atoms with E-state index in [4.69, 9.17) is 11.6 Å². The lowest BCUT2D eigenvalue weighted by Gasteiger charge is -2.08. The van der Waals surface area contributed by atoms with E-state index in [9.17, 15) is 0 Å². The topological polar surface area (TPSA) is 37.8 Å². The Balaban J connectivity index is 2.34. The SMILES string of the molecule is Clc1ncc(Br)c(Nc2ccccc2Br)n1. The van der Waals surface area contributed by atoms with E-state index in [1.54, 1.807) is 6.20 Å². The average Bonchev–Trinajstić information content (AvgIpc) is 2.27. The lowest BCUT2D eigenvalue weighted by molar-refractivity contribution is 1.15. The number of nitrogens with one attached hydrogen (secondary N) is 1. The highest BCUT2D eigenvalue weighted by Gasteiger charge is 2.05. The van der Waals surface area contributed by atoms with E-state index >= 15 is 0 Å². The van der Waals surface area contributed by atoms with Crippen LogP contribution in [0.3, 0.4) is 0 Å². The minimum absolute atomic E-state index is 0.206. The lowest BCUT2D eigenvalue weighted by Crippen LogP contribution is -1.96. The van der Waals surface area contributed by atoms with Crippen LogP contribution < -0.4 is 5.32 Å². The van der Waals surface area contributed by atoms with Gasteiger partial charge in [0, 0.05) is 10.7 Å². The van der Waals surface area contributed by atoms with Gasteiger partial charge in [0.05, 0.1) is 10.2 Å². The second-order valence-corrected chi connectivity index (χ2v) is 4.99. The molecule has 0 radical (unpaired) electrons. The fraction of sp³-hybridized carbons (Fsp3) is 0. The van der Waals surface area contributed by atoms with Crippen LogP contribution in [-0.4, -0.2) is 9.97 Å². The van der Waals surface area contributed by atoms with Gasteiger partial charge in [-0.25, -0.2) is 4.98 Å². The summed E-state index contributed by atoms with van der Waals surface area (Å²) in [6.07, 6.45) is 1.61. The molecule has 82 valence electrons. The first-order valence-corrected chi connectivity index (χ1v) is 6.33. The van der Waals surface area contributed by atoms with Crippen molar-refractivity contribution in [2.24, 2.45) is 0 Å².